The zero-order valence-corrected chi connectivity index (χ0v) is 21.1. The van der Waals surface area contributed by atoms with E-state index in [0.717, 1.165) is 25.7 Å². The predicted molar refractivity (Wildman–Crippen MR) is 127 cm³/mol. The van der Waals surface area contributed by atoms with Crippen LogP contribution in [-0.2, 0) is 19.0 Å². The zero-order chi connectivity index (χ0) is 27.1. The molecule has 8 N–H and O–H groups in total. The Balaban J connectivity index is 2.74. The van der Waals surface area contributed by atoms with Gasteiger partial charge in [-0.2, -0.15) is 0 Å². The molecule has 36 heavy (non-hydrogen) atoms. The van der Waals surface area contributed by atoms with Crippen LogP contribution in [0.2, 0.25) is 0 Å². The maximum absolute atomic E-state index is 12.4. The SMILES string of the molecule is CCCCCCCCCCCC(=O)O[C@H]1[C@H](O[C@@H]([C@H](O)[C@@H](O)CO)[C@H](O)CO)O[C@H](CO)[C@H](O)[C@@H]1O. The van der Waals surface area contributed by atoms with Gasteiger partial charge < -0.3 is 55.1 Å². The van der Waals surface area contributed by atoms with E-state index in [-0.39, 0.29) is 6.42 Å². The highest BCUT2D eigenvalue weighted by Gasteiger charge is 2.49. The molecule has 0 aliphatic carbocycles. The second-order valence-electron chi connectivity index (χ2n) is 9.33. The molecule has 1 aliphatic rings. The Bertz CT molecular complexity index is 579. The largest absolute Gasteiger partial charge is 0.454 e. The number of carbonyl (C=O) groups excluding carboxylic acids is 1. The lowest BCUT2D eigenvalue weighted by molar-refractivity contribution is -0.329. The Labute approximate surface area is 212 Å². The van der Waals surface area contributed by atoms with Gasteiger partial charge in [-0.3, -0.25) is 4.79 Å². The van der Waals surface area contributed by atoms with E-state index in [4.69, 9.17) is 19.3 Å². The molecule has 0 aromatic carbocycles. The summed E-state index contributed by atoms with van der Waals surface area (Å²) in [6.45, 7) is -0.349. The first kappa shape index (κ1) is 33.1. The summed E-state index contributed by atoms with van der Waals surface area (Å²) < 4.78 is 16.2. The number of rotatable bonds is 19. The predicted octanol–water partition coefficient (Wildman–Crippen LogP) is -1.29. The molecular weight excluding hydrogens is 480 g/mol. The van der Waals surface area contributed by atoms with E-state index in [1.807, 2.05) is 0 Å². The number of aliphatic hydroxyl groups is 8. The van der Waals surface area contributed by atoms with Gasteiger partial charge in [-0.1, -0.05) is 58.3 Å². The number of aliphatic hydroxyl groups excluding tert-OH is 8. The molecule has 12 nitrogen and oxygen atoms in total. The Kier molecular flexibility index (Phi) is 16.9. The maximum Gasteiger partial charge on any atom is 0.306 e. The lowest BCUT2D eigenvalue weighted by atomic mass is 9.98. The summed E-state index contributed by atoms with van der Waals surface area (Å²) in [4.78, 5) is 12.4. The number of hydrogen-bond donors (Lipinski definition) is 8. The molecule has 1 heterocycles. The van der Waals surface area contributed by atoms with E-state index in [9.17, 15) is 40.5 Å². The van der Waals surface area contributed by atoms with Crippen LogP contribution in [0.3, 0.4) is 0 Å². The van der Waals surface area contributed by atoms with Gasteiger partial charge in [-0.05, 0) is 6.42 Å². The van der Waals surface area contributed by atoms with Crippen LogP contribution in [0.25, 0.3) is 0 Å². The fraction of sp³-hybridized carbons (Fsp3) is 0.958. The summed E-state index contributed by atoms with van der Waals surface area (Å²) in [6, 6.07) is 0. The normalized spacial score (nSPS) is 27.9. The van der Waals surface area contributed by atoms with Gasteiger partial charge in [0, 0.05) is 6.42 Å². The summed E-state index contributed by atoms with van der Waals surface area (Å²) in [5, 5.41) is 78.7. The van der Waals surface area contributed by atoms with E-state index in [1.54, 1.807) is 0 Å². The molecule has 0 aromatic heterocycles. The van der Waals surface area contributed by atoms with Crippen molar-refractivity contribution in [2.75, 3.05) is 19.8 Å². The van der Waals surface area contributed by atoms with Crippen LogP contribution in [0.4, 0.5) is 0 Å². The maximum atomic E-state index is 12.4. The average Bonchev–Trinajstić information content (AvgIpc) is 2.88. The van der Waals surface area contributed by atoms with Crippen molar-refractivity contribution in [1.82, 2.24) is 0 Å². The van der Waals surface area contributed by atoms with Gasteiger partial charge in [0.05, 0.1) is 19.8 Å². The van der Waals surface area contributed by atoms with Gasteiger partial charge in [-0.25, -0.2) is 0 Å². The minimum atomic E-state index is -1.89. The van der Waals surface area contributed by atoms with Crippen LogP contribution in [0.5, 0.6) is 0 Å². The Morgan fingerprint density at radius 3 is 1.92 bits per heavy atom. The molecule has 1 saturated heterocycles. The van der Waals surface area contributed by atoms with Gasteiger partial charge in [0.2, 0.25) is 0 Å². The van der Waals surface area contributed by atoms with Crippen LogP contribution < -0.4 is 0 Å². The number of esters is 1. The van der Waals surface area contributed by atoms with Gasteiger partial charge >= 0.3 is 5.97 Å². The van der Waals surface area contributed by atoms with Gasteiger partial charge in [0.25, 0.3) is 0 Å². The van der Waals surface area contributed by atoms with Crippen LogP contribution in [0.1, 0.15) is 71.1 Å². The Morgan fingerprint density at radius 1 is 0.833 bits per heavy atom. The van der Waals surface area contributed by atoms with Crippen LogP contribution >= 0.6 is 0 Å². The van der Waals surface area contributed by atoms with E-state index < -0.39 is 80.9 Å². The van der Waals surface area contributed by atoms with Crippen molar-refractivity contribution in [1.29, 1.82) is 0 Å². The lowest BCUT2D eigenvalue weighted by Crippen LogP contribution is -2.62. The fourth-order valence-electron chi connectivity index (χ4n) is 4.07. The quantitative estimate of drug-likeness (QED) is 0.0731. The summed E-state index contributed by atoms with van der Waals surface area (Å²) in [6.07, 6.45) is -5.64. The Hall–Kier alpha value is -0.930. The lowest BCUT2D eigenvalue weighted by Gasteiger charge is -2.43. The molecule has 0 radical (unpaired) electrons. The van der Waals surface area contributed by atoms with Gasteiger partial charge in [-0.15, -0.1) is 0 Å². The first-order chi connectivity index (χ1) is 17.2. The van der Waals surface area contributed by atoms with E-state index in [2.05, 4.69) is 6.92 Å². The molecule has 0 saturated carbocycles. The van der Waals surface area contributed by atoms with Crippen molar-refractivity contribution >= 4 is 5.97 Å². The topological polar surface area (TPSA) is 207 Å². The molecular formula is C24H46O12. The van der Waals surface area contributed by atoms with Crippen molar-refractivity contribution in [3.05, 3.63) is 0 Å². The third-order valence-corrected chi connectivity index (χ3v) is 6.35. The van der Waals surface area contributed by atoms with E-state index in [1.165, 1.54) is 25.7 Å². The summed E-state index contributed by atoms with van der Waals surface area (Å²) in [7, 11) is 0. The smallest absolute Gasteiger partial charge is 0.306 e. The van der Waals surface area contributed by atoms with Crippen molar-refractivity contribution < 1.29 is 59.9 Å². The van der Waals surface area contributed by atoms with Crippen LogP contribution in [-0.4, -0.2) is 122 Å². The van der Waals surface area contributed by atoms with E-state index >= 15 is 0 Å². The zero-order valence-electron chi connectivity index (χ0n) is 21.1. The monoisotopic (exact) mass is 526 g/mol. The Morgan fingerprint density at radius 2 is 1.39 bits per heavy atom. The summed E-state index contributed by atoms with van der Waals surface area (Å²) in [5.41, 5.74) is 0. The first-order valence-electron chi connectivity index (χ1n) is 12.9. The number of ether oxygens (including phenoxy) is 3. The third kappa shape index (κ3) is 10.8. The van der Waals surface area contributed by atoms with Crippen molar-refractivity contribution in [2.24, 2.45) is 0 Å². The van der Waals surface area contributed by atoms with Crippen LogP contribution in [0, 0.1) is 0 Å². The molecule has 1 rings (SSSR count). The molecule has 214 valence electrons. The highest BCUT2D eigenvalue weighted by Crippen LogP contribution is 2.27. The van der Waals surface area contributed by atoms with Crippen molar-refractivity contribution in [2.45, 2.75) is 126 Å². The molecule has 9 atom stereocenters. The second-order valence-corrected chi connectivity index (χ2v) is 9.33. The van der Waals surface area contributed by atoms with Gasteiger partial charge in [0.1, 0.15) is 42.7 Å². The summed E-state index contributed by atoms with van der Waals surface area (Å²) in [5.74, 6) is -0.691. The van der Waals surface area contributed by atoms with Crippen molar-refractivity contribution in [3.8, 4) is 0 Å². The molecule has 0 spiro atoms. The average molecular weight is 527 g/mol. The van der Waals surface area contributed by atoms with E-state index in [0.29, 0.717) is 6.42 Å². The molecule has 12 heteroatoms. The van der Waals surface area contributed by atoms with Crippen molar-refractivity contribution in [3.63, 3.8) is 0 Å². The fourth-order valence-corrected chi connectivity index (χ4v) is 4.07. The van der Waals surface area contributed by atoms with Gasteiger partial charge in [0.15, 0.2) is 12.4 Å². The molecule has 0 bridgehead atoms. The van der Waals surface area contributed by atoms with Crippen LogP contribution in [0.15, 0.2) is 0 Å². The highest BCUT2D eigenvalue weighted by atomic mass is 16.7. The number of unbranched alkanes of at least 4 members (excludes halogenated alkanes) is 8. The molecule has 1 aliphatic heterocycles. The first-order valence-corrected chi connectivity index (χ1v) is 12.9. The molecule has 0 aromatic rings. The third-order valence-electron chi connectivity index (χ3n) is 6.35. The minimum Gasteiger partial charge on any atom is -0.454 e. The second kappa shape index (κ2) is 18.3. The minimum absolute atomic E-state index is 0.0415. The number of hydrogen-bond acceptors (Lipinski definition) is 12. The molecule has 1 fully saturated rings. The summed E-state index contributed by atoms with van der Waals surface area (Å²) >= 11 is 0. The number of carbonyl (C=O) groups is 1. The molecule has 0 unspecified atom stereocenters. The highest BCUT2D eigenvalue weighted by molar-refractivity contribution is 5.69. The standard InChI is InChI=1S/C24H46O12/c1-2-3-4-5-6-7-8-9-10-11-18(30)35-23-21(33)20(32)17(14-27)34-24(23)36-22(16(29)13-26)19(31)15(28)12-25/h15-17,19-29,31-33H,2-14H2,1H3/t15-,16+,17+,19+,20-,21-,22+,23+,24-/m0/s1. The molecule has 0 amide bonds.